The summed E-state index contributed by atoms with van der Waals surface area (Å²) in [5.74, 6) is 0.0838. The Kier molecular flexibility index (Phi) is 2.52. The molecule has 0 saturated heterocycles. The maximum atomic E-state index is 11.2. The minimum atomic E-state index is 0.0838. The van der Waals surface area contributed by atoms with Crippen molar-refractivity contribution in [3.63, 3.8) is 0 Å². The summed E-state index contributed by atoms with van der Waals surface area (Å²) in [5, 5.41) is 0. The minimum absolute atomic E-state index is 0.0838. The van der Waals surface area contributed by atoms with Gasteiger partial charge >= 0.3 is 0 Å². The smallest absolute Gasteiger partial charge is 0.231 e. The van der Waals surface area contributed by atoms with Crippen molar-refractivity contribution in [3.05, 3.63) is 35.0 Å². The van der Waals surface area contributed by atoms with E-state index in [0.29, 0.717) is 6.42 Å². The van der Waals surface area contributed by atoms with Gasteiger partial charge in [-0.3, -0.25) is 4.79 Å². The fraction of sp³-hybridized carbons (Fsp3) is 0.222. The number of allylic oxidation sites excluding steroid dienone is 2. The van der Waals surface area contributed by atoms with Gasteiger partial charge in [0.25, 0.3) is 0 Å². The van der Waals surface area contributed by atoms with Crippen LogP contribution >= 0.6 is 15.9 Å². The van der Waals surface area contributed by atoms with Gasteiger partial charge in [-0.05, 0) is 11.6 Å². The zero-order valence-electron chi connectivity index (χ0n) is 6.93. The van der Waals surface area contributed by atoms with Gasteiger partial charge in [-0.1, -0.05) is 29.1 Å². The molecule has 1 aliphatic rings. The second-order valence-corrected chi connectivity index (χ2v) is 3.56. The summed E-state index contributed by atoms with van der Waals surface area (Å²) in [6, 6.07) is 0. The molecule has 0 saturated carbocycles. The van der Waals surface area contributed by atoms with E-state index in [1.807, 2.05) is 0 Å². The van der Waals surface area contributed by atoms with E-state index in [1.165, 1.54) is 0 Å². The summed E-state index contributed by atoms with van der Waals surface area (Å²) in [6.07, 6.45) is 2.09. The summed E-state index contributed by atoms with van der Waals surface area (Å²) < 4.78 is 0.759. The van der Waals surface area contributed by atoms with Crippen molar-refractivity contribution in [3.8, 4) is 0 Å². The maximum absolute atomic E-state index is 11.2. The maximum Gasteiger partial charge on any atom is 0.231 e. The van der Waals surface area contributed by atoms with E-state index in [2.05, 4.69) is 29.1 Å². The van der Waals surface area contributed by atoms with Gasteiger partial charge in [0.2, 0.25) is 5.91 Å². The molecule has 1 heterocycles. The van der Waals surface area contributed by atoms with Gasteiger partial charge in [0, 0.05) is 17.2 Å². The lowest BCUT2D eigenvalue weighted by molar-refractivity contribution is -0.125. The molecular formula is C9H10BrNO. The van der Waals surface area contributed by atoms with E-state index in [9.17, 15) is 4.79 Å². The highest BCUT2D eigenvalue weighted by molar-refractivity contribution is 9.11. The minimum Gasteiger partial charge on any atom is -0.315 e. The first-order chi connectivity index (χ1) is 5.57. The summed E-state index contributed by atoms with van der Waals surface area (Å²) in [5.41, 5.74) is 1.78. The molecule has 3 heteroatoms. The molecule has 0 bridgehead atoms. The molecule has 0 unspecified atom stereocenters. The van der Waals surface area contributed by atoms with E-state index in [1.54, 1.807) is 18.0 Å². The molecule has 2 nitrogen and oxygen atoms in total. The molecule has 0 aliphatic carbocycles. The molecule has 0 aromatic rings. The third kappa shape index (κ3) is 1.37. The van der Waals surface area contributed by atoms with E-state index in [0.717, 1.165) is 15.8 Å². The van der Waals surface area contributed by atoms with Gasteiger partial charge in [0.15, 0.2) is 0 Å². The van der Waals surface area contributed by atoms with Crippen molar-refractivity contribution in [2.24, 2.45) is 0 Å². The Balaban J connectivity index is 3.10. The summed E-state index contributed by atoms with van der Waals surface area (Å²) in [4.78, 5) is 12.8. The predicted octanol–water partition coefficient (Wildman–Crippen LogP) is 2.20. The molecule has 0 fully saturated rings. The molecule has 0 aromatic carbocycles. The van der Waals surface area contributed by atoms with Crippen LogP contribution in [0.15, 0.2) is 35.0 Å². The van der Waals surface area contributed by atoms with Crippen LogP contribution in [0.1, 0.15) is 6.42 Å². The van der Waals surface area contributed by atoms with Crippen molar-refractivity contribution in [1.82, 2.24) is 4.90 Å². The fourth-order valence-electron chi connectivity index (χ4n) is 1.19. The second kappa shape index (κ2) is 3.27. The molecule has 0 aromatic heterocycles. The number of amides is 1. The Labute approximate surface area is 80.4 Å². The number of likely N-dealkylation sites (N-methyl/N-ethyl adjacent to an activating group) is 1. The van der Waals surface area contributed by atoms with Crippen LogP contribution in [0.25, 0.3) is 0 Å². The second-order valence-electron chi connectivity index (χ2n) is 2.60. The summed E-state index contributed by atoms with van der Waals surface area (Å²) in [6.45, 7) is 7.38. The average Bonchev–Trinajstić information content (AvgIpc) is 2.29. The van der Waals surface area contributed by atoms with Crippen LogP contribution in [-0.2, 0) is 4.79 Å². The number of hydrogen-bond donors (Lipinski definition) is 0. The molecule has 64 valence electrons. The van der Waals surface area contributed by atoms with Gasteiger partial charge in [-0.15, -0.1) is 0 Å². The first kappa shape index (κ1) is 9.26. The van der Waals surface area contributed by atoms with E-state index >= 15 is 0 Å². The molecule has 0 atom stereocenters. The third-order valence-electron chi connectivity index (χ3n) is 1.89. The highest BCUT2D eigenvalue weighted by atomic mass is 79.9. The van der Waals surface area contributed by atoms with Gasteiger partial charge in [-0.25, -0.2) is 0 Å². The normalized spacial score (nSPS) is 17.2. The topological polar surface area (TPSA) is 20.3 Å². The van der Waals surface area contributed by atoms with Crippen LogP contribution in [0.4, 0.5) is 0 Å². The average molecular weight is 228 g/mol. The van der Waals surface area contributed by atoms with Crippen molar-refractivity contribution < 1.29 is 4.79 Å². The molecule has 12 heavy (non-hydrogen) atoms. The van der Waals surface area contributed by atoms with Gasteiger partial charge < -0.3 is 4.90 Å². The molecule has 1 amide bonds. The number of nitrogens with zero attached hydrogens (tertiary/aromatic N) is 1. The van der Waals surface area contributed by atoms with E-state index in [-0.39, 0.29) is 5.91 Å². The zero-order chi connectivity index (χ0) is 9.30. The third-order valence-corrected chi connectivity index (χ3v) is 2.37. The van der Waals surface area contributed by atoms with Gasteiger partial charge in [0.1, 0.15) is 0 Å². The predicted molar refractivity (Wildman–Crippen MR) is 52.7 cm³/mol. The Hall–Kier alpha value is -0.830. The number of halogens is 1. The Morgan fingerprint density at radius 1 is 1.75 bits per heavy atom. The first-order valence-electron chi connectivity index (χ1n) is 3.55. The lowest BCUT2D eigenvalue weighted by Gasteiger charge is -2.10. The van der Waals surface area contributed by atoms with Gasteiger partial charge in [-0.2, -0.15) is 0 Å². The van der Waals surface area contributed by atoms with Crippen LogP contribution in [0, 0.1) is 0 Å². The quantitative estimate of drug-likeness (QED) is 0.709. The van der Waals surface area contributed by atoms with E-state index < -0.39 is 0 Å². The van der Waals surface area contributed by atoms with Crippen LogP contribution in [0.2, 0.25) is 0 Å². The highest BCUT2D eigenvalue weighted by Gasteiger charge is 2.25. The molecule has 0 N–H and O–H groups in total. The lowest BCUT2D eigenvalue weighted by Crippen LogP contribution is -2.18. The SMILES string of the molecule is C=CC1=C(C(=C)Br)CC(=O)N1C. The molecule has 0 radical (unpaired) electrons. The van der Waals surface area contributed by atoms with Crippen molar-refractivity contribution in [2.45, 2.75) is 6.42 Å². The molecule has 0 spiro atoms. The monoisotopic (exact) mass is 227 g/mol. The first-order valence-corrected chi connectivity index (χ1v) is 4.34. The van der Waals surface area contributed by atoms with Crippen molar-refractivity contribution >= 4 is 21.8 Å². The standard InChI is InChI=1S/C9H10BrNO/c1-4-8-7(6(2)10)5-9(12)11(8)3/h4H,1-2,5H2,3H3. The van der Waals surface area contributed by atoms with Crippen LogP contribution in [-0.4, -0.2) is 17.9 Å². The van der Waals surface area contributed by atoms with Crippen molar-refractivity contribution in [1.29, 1.82) is 0 Å². The largest absolute Gasteiger partial charge is 0.315 e. The van der Waals surface area contributed by atoms with Crippen LogP contribution in [0.3, 0.4) is 0 Å². The summed E-state index contributed by atoms with van der Waals surface area (Å²) >= 11 is 3.26. The van der Waals surface area contributed by atoms with Crippen molar-refractivity contribution in [2.75, 3.05) is 7.05 Å². The number of carbonyl (C=O) groups is 1. The number of rotatable bonds is 2. The molecular weight excluding hydrogens is 218 g/mol. The zero-order valence-corrected chi connectivity index (χ0v) is 8.52. The molecule has 1 aliphatic heterocycles. The number of carbonyl (C=O) groups excluding carboxylic acids is 1. The Morgan fingerprint density at radius 2 is 2.33 bits per heavy atom. The Bertz CT molecular complexity index is 291. The fourth-order valence-corrected chi connectivity index (χ4v) is 1.54. The summed E-state index contributed by atoms with van der Waals surface area (Å²) in [7, 11) is 1.74. The number of hydrogen-bond acceptors (Lipinski definition) is 1. The molecule has 1 rings (SSSR count). The lowest BCUT2D eigenvalue weighted by atomic mass is 10.2. The van der Waals surface area contributed by atoms with Crippen LogP contribution < -0.4 is 0 Å². The van der Waals surface area contributed by atoms with Crippen LogP contribution in [0.5, 0.6) is 0 Å². The highest BCUT2D eigenvalue weighted by Crippen LogP contribution is 2.30. The van der Waals surface area contributed by atoms with Gasteiger partial charge in [0.05, 0.1) is 6.42 Å². The Morgan fingerprint density at radius 3 is 2.67 bits per heavy atom. The van der Waals surface area contributed by atoms with E-state index in [4.69, 9.17) is 0 Å².